The molecule has 0 radical (unpaired) electrons. The van der Waals surface area contributed by atoms with Gasteiger partial charge in [-0.3, -0.25) is 4.68 Å². The molecule has 1 heterocycles. The molecule has 0 amide bonds. The molecule has 3 nitrogen and oxygen atoms in total. The Labute approximate surface area is 115 Å². The molecule has 0 aliphatic rings. The Morgan fingerprint density at radius 1 is 1.26 bits per heavy atom. The molecule has 1 aromatic heterocycles. The highest BCUT2D eigenvalue weighted by molar-refractivity contribution is 5.30. The van der Waals surface area contributed by atoms with Gasteiger partial charge in [-0.25, -0.2) is 0 Å². The van der Waals surface area contributed by atoms with E-state index in [9.17, 15) is 0 Å². The zero-order valence-corrected chi connectivity index (χ0v) is 12.3. The first-order chi connectivity index (χ1) is 9.11. The maximum absolute atomic E-state index is 4.43. The zero-order valence-electron chi connectivity index (χ0n) is 12.3. The average molecular weight is 257 g/mol. The third-order valence-corrected chi connectivity index (χ3v) is 3.53. The summed E-state index contributed by atoms with van der Waals surface area (Å²) in [6.07, 6.45) is 0.968. The second-order valence-corrected chi connectivity index (χ2v) is 5.07. The van der Waals surface area contributed by atoms with E-state index in [1.807, 2.05) is 18.7 Å². The fourth-order valence-corrected chi connectivity index (χ4v) is 2.58. The van der Waals surface area contributed by atoms with Crippen LogP contribution in [0.5, 0.6) is 0 Å². The largest absolute Gasteiger partial charge is 0.310 e. The molecule has 2 aromatic rings. The molecule has 1 atom stereocenters. The van der Waals surface area contributed by atoms with E-state index < -0.39 is 0 Å². The summed E-state index contributed by atoms with van der Waals surface area (Å²) in [6.45, 7) is 7.34. The van der Waals surface area contributed by atoms with Crippen molar-refractivity contribution in [2.24, 2.45) is 7.05 Å². The van der Waals surface area contributed by atoms with Crippen LogP contribution in [-0.4, -0.2) is 16.3 Å². The van der Waals surface area contributed by atoms with Gasteiger partial charge in [-0.05, 0) is 37.6 Å². The molecular weight excluding hydrogens is 234 g/mol. The predicted molar refractivity (Wildman–Crippen MR) is 79.2 cm³/mol. The van der Waals surface area contributed by atoms with E-state index in [1.54, 1.807) is 0 Å². The van der Waals surface area contributed by atoms with E-state index in [1.165, 1.54) is 16.8 Å². The van der Waals surface area contributed by atoms with Crippen LogP contribution in [-0.2, 0) is 13.5 Å². The minimum atomic E-state index is 0.348. The quantitative estimate of drug-likeness (QED) is 0.892. The lowest BCUT2D eigenvalue weighted by Gasteiger charge is -2.20. The number of likely N-dealkylation sites (N-methyl/N-ethyl adjacent to an activating group) is 1. The highest BCUT2D eigenvalue weighted by Crippen LogP contribution is 2.21. The predicted octanol–water partition coefficient (Wildman–Crippen LogP) is 2.93. The average Bonchev–Trinajstić information content (AvgIpc) is 2.68. The van der Waals surface area contributed by atoms with Crippen molar-refractivity contribution in [1.82, 2.24) is 15.1 Å². The normalized spacial score (nSPS) is 12.6. The lowest BCUT2D eigenvalue weighted by atomic mass is 9.97. The summed E-state index contributed by atoms with van der Waals surface area (Å²) in [5, 5.41) is 8.01. The number of rotatable bonds is 5. The van der Waals surface area contributed by atoms with Gasteiger partial charge in [0.1, 0.15) is 0 Å². The standard InChI is InChI=1S/C16H23N3/c1-5-17-16(15-9-7-6-8-12(15)2)11-14-10-13(3)18-19(14)4/h6-10,16-17H,5,11H2,1-4H3. The molecule has 0 fully saturated rings. The summed E-state index contributed by atoms with van der Waals surface area (Å²) < 4.78 is 1.98. The number of hydrogen-bond acceptors (Lipinski definition) is 2. The first kappa shape index (κ1) is 13.8. The molecule has 3 heteroatoms. The van der Waals surface area contributed by atoms with Crippen molar-refractivity contribution < 1.29 is 0 Å². The Morgan fingerprint density at radius 2 is 2.00 bits per heavy atom. The van der Waals surface area contributed by atoms with Crippen molar-refractivity contribution in [2.75, 3.05) is 6.54 Å². The maximum atomic E-state index is 4.43. The number of nitrogens with one attached hydrogen (secondary N) is 1. The van der Waals surface area contributed by atoms with Crippen molar-refractivity contribution in [3.8, 4) is 0 Å². The van der Waals surface area contributed by atoms with Crippen LogP contribution in [0.2, 0.25) is 0 Å². The Kier molecular flexibility index (Phi) is 4.38. The Balaban J connectivity index is 2.26. The molecular formula is C16H23N3. The number of aryl methyl sites for hydroxylation is 3. The maximum Gasteiger partial charge on any atom is 0.0596 e. The van der Waals surface area contributed by atoms with Gasteiger partial charge in [0.05, 0.1) is 5.69 Å². The molecule has 0 aliphatic carbocycles. The molecule has 1 unspecified atom stereocenters. The third kappa shape index (κ3) is 3.24. The van der Waals surface area contributed by atoms with Gasteiger partial charge < -0.3 is 5.32 Å². The van der Waals surface area contributed by atoms with Gasteiger partial charge in [0.2, 0.25) is 0 Å². The second kappa shape index (κ2) is 6.02. The van der Waals surface area contributed by atoms with Crippen molar-refractivity contribution in [2.45, 2.75) is 33.2 Å². The molecule has 19 heavy (non-hydrogen) atoms. The Bertz CT molecular complexity index is 543. The second-order valence-electron chi connectivity index (χ2n) is 5.07. The van der Waals surface area contributed by atoms with Gasteiger partial charge in [-0.1, -0.05) is 31.2 Å². The molecule has 2 rings (SSSR count). The first-order valence-electron chi connectivity index (χ1n) is 6.90. The molecule has 102 valence electrons. The van der Waals surface area contributed by atoms with Crippen LogP contribution in [0, 0.1) is 13.8 Å². The monoisotopic (exact) mass is 257 g/mol. The van der Waals surface area contributed by atoms with E-state index in [-0.39, 0.29) is 0 Å². The van der Waals surface area contributed by atoms with Gasteiger partial charge in [-0.2, -0.15) is 5.10 Å². The van der Waals surface area contributed by atoms with Crippen LogP contribution in [0.1, 0.15) is 35.5 Å². The van der Waals surface area contributed by atoms with Crippen molar-refractivity contribution in [3.05, 3.63) is 52.8 Å². The molecule has 1 N–H and O–H groups in total. The Morgan fingerprint density at radius 3 is 2.58 bits per heavy atom. The summed E-state index contributed by atoms with van der Waals surface area (Å²) in [6, 6.07) is 11.1. The topological polar surface area (TPSA) is 29.9 Å². The minimum absolute atomic E-state index is 0.348. The Hall–Kier alpha value is -1.61. The SMILES string of the molecule is CCNC(Cc1cc(C)nn1C)c1ccccc1C. The molecule has 0 saturated heterocycles. The molecule has 0 bridgehead atoms. The highest BCUT2D eigenvalue weighted by atomic mass is 15.3. The fourth-order valence-electron chi connectivity index (χ4n) is 2.58. The fraction of sp³-hybridized carbons (Fsp3) is 0.438. The summed E-state index contributed by atoms with van der Waals surface area (Å²) in [5.41, 5.74) is 5.07. The van der Waals surface area contributed by atoms with Gasteiger partial charge in [-0.15, -0.1) is 0 Å². The number of aromatic nitrogens is 2. The van der Waals surface area contributed by atoms with Crippen LogP contribution in [0.3, 0.4) is 0 Å². The summed E-state index contributed by atoms with van der Waals surface area (Å²) in [7, 11) is 2.02. The van der Waals surface area contributed by atoms with E-state index >= 15 is 0 Å². The number of benzene rings is 1. The van der Waals surface area contributed by atoms with Crippen molar-refractivity contribution in [3.63, 3.8) is 0 Å². The lowest BCUT2D eigenvalue weighted by Crippen LogP contribution is -2.24. The minimum Gasteiger partial charge on any atom is -0.310 e. The first-order valence-corrected chi connectivity index (χ1v) is 6.90. The van der Waals surface area contributed by atoms with Crippen molar-refractivity contribution in [1.29, 1.82) is 0 Å². The smallest absolute Gasteiger partial charge is 0.0596 e. The van der Waals surface area contributed by atoms with Gasteiger partial charge in [0, 0.05) is 25.2 Å². The third-order valence-electron chi connectivity index (χ3n) is 3.53. The zero-order chi connectivity index (χ0) is 13.8. The summed E-state index contributed by atoms with van der Waals surface area (Å²) in [5.74, 6) is 0. The number of hydrogen-bond donors (Lipinski definition) is 1. The van der Waals surface area contributed by atoms with E-state index in [0.29, 0.717) is 6.04 Å². The van der Waals surface area contributed by atoms with Crippen LogP contribution >= 0.6 is 0 Å². The van der Waals surface area contributed by atoms with E-state index in [0.717, 1.165) is 18.7 Å². The van der Waals surface area contributed by atoms with Crippen LogP contribution < -0.4 is 5.32 Å². The highest BCUT2D eigenvalue weighted by Gasteiger charge is 2.15. The van der Waals surface area contributed by atoms with Crippen LogP contribution in [0.25, 0.3) is 0 Å². The van der Waals surface area contributed by atoms with E-state index in [2.05, 4.69) is 54.6 Å². The molecule has 0 spiro atoms. The lowest BCUT2D eigenvalue weighted by molar-refractivity contribution is 0.526. The van der Waals surface area contributed by atoms with E-state index in [4.69, 9.17) is 0 Å². The summed E-state index contributed by atoms with van der Waals surface area (Å²) in [4.78, 5) is 0. The number of nitrogens with zero attached hydrogens (tertiary/aromatic N) is 2. The van der Waals surface area contributed by atoms with Gasteiger partial charge >= 0.3 is 0 Å². The van der Waals surface area contributed by atoms with Gasteiger partial charge in [0.25, 0.3) is 0 Å². The van der Waals surface area contributed by atoms with Crippen molar-refractivity contribution >= 4 is 0 Å². The molecule has 0 aliphatic heterocycles. The molecule has 0 saturated carbocycles. The molecule has 1 aromatic carbocycles. The van der Waals surface area contributed by atoms with Crippen LogP contribution in [0.4, 0.5) is 0 Å². The van der Waals surface area contributed by atoms with Crippen LogP contribution in [0.15, 0.2) is 30.3 Å². The summed E-state index contributed by atoms with van der Waals surface area (Å²) >= 11 is 0. The van der Waals surface area contributed by atoms with Gasteiger partial charge in [0.15, 0.2) is 0 Å².